The second-order valence-corrected chi connectivity index (χ2v) is 6.40. The molecule has 0 spiro atoms. The van der Waals surface area contributed by atoms with Crippen molar-refractivity contribution in [3.63, 3.8) is 0 Å². The van der Waals surface area contributed by atoms with Crippen LogP contribution in [0.15, 0.2) is 46.2 Å². The van der Waals surface area contributed by atoms with E-state index >= 15 is 0 Å². The molecule has 3 aromatic rings. The maximum absolute atomic E-state index is 12.1. The van der Waals surface area contributed by atoms with E-state index in [9.17, 15) is 14.7 Å². The summed E-state index contributed by atoms with van der Waals surface area (Å²) in [5.41, 5.74) is 0.876. The van der Waals surface area contributed by atoms with Gasteiger partial charge in [0.1, 0.15) is 12.4 Å². The third kappa shape index (κ3) is 4.96. The maximum atomic E-state index is 12.1. The summed E-state index contributed by atoms with van der Waals surface area (Å²) in [6.45, 7) is 1.61. The quantitative estimate of drug-likeness (QED) is 0.565. The number of H-pyrrole nitrogens is 1. The zero-order valence-electron chi connectivity index (χ0n) is 16.2. The van der Waals surface area contributed by atoms with Crippen molar-refractivity contribution < 1.29 is 9.84 Å². The molecule has 0 aliphatic heterocycles. The number of benzene rings is 1. The van der Waals surface area contributed by atoms with Gasteiger partial charge in [0.25, 0.3) is 5.56 Å². The van der Waals surface area contributed by atoms with Crippen molar-refractivity contribution >= 4 is 12.2 Å². The fourth-order valence-corrected chi connectivity index (χ4v) is 2.57. The van der Waals surface area contributed by atoms with E-state index in [2.05, 4.69) is 21.4 Å². The molecule has 1 aromatic carbocycles. The second-order valence-electron chi connectivity index (χ2n) is 6.40. The zero-order valence-corrected chi connectivity index (χ0v) is 16.2. The van der Waals surface area contributed by atoms with E-state index in [0.717, 1.165) is 5.69 Å². The first-order valence-corrected chi connectivity index (χ1v) is 9.21. The van der Waals surface area contributed by atoms with Gasteiger partial charge in [0.05, 0.1) is 41.8 Å². The van der Waals surface area contributed by atoms with Gasteiger partial charge in [-0.15, -0.1) is 5.10 Å². The van der Waals surface area contributed by atoms with Gasteiger partial charge >= 0.3 is 5.69 Å². The van der Waals surface area contributed by atoms with Gasteiger partial charge in [-0.1, -0.05) is 12.1 Å². The number of hydrogen-bond donors (Lipinski definition) is 2. The summed E-state index contributed by atoms with van der Waals surface area (Å²) < 4.78 is 8.21. The number of rotatable bonds is 8. The molecule has 3 rings (SSSR count). The van der Waals surface area contributed by atoms with Crippen molar-refractivity contribution in [2.45, 2.75) is 26.2 Å². The number of hydrogen-bond acceptors (Lipinski definition) is 7. The highest BCUT2D eigenvalue weighted by atomic mass is 16.5. The minimum Gasteiger partial charge on any atom is -0.394 e. The van der Waals surface area contributed by atoms with Crippen LogP contribution in [0.2, 0.25) is 0 Å². The molecule has 10 nitrogen and oxygen atoms in total. The molecule has 0 radical (unpaired) electrons. The number of nitrogens with one attached hydrogen (secondary N) is 1. The molecule has 0 fully saturated rings. The lowest BCUT2D eigenvalue weighted by molar-refractivity contribution is -0.0269. The van der Waals surface area contributed by atoms with Gasteiger partial charge in [-0.3, -0.25) is 14.3 Å². The predicted octanol–water partition coefficient (Wildman–Crippen LogP) is 0.904. The van der Waals surface area contributed by atoms with Crippen molar-refractivity contribution in [1.29, 1.82) is 5.26 Å². The zero-order chi connectivity index (χ0) is 21.5. The third-order valence-electron chi connectivity index (χ3n) is 4.35. The van der Waals surface area contributed by atoms with Crippen molar-refractivity contribution in [2.75, 3.05) is 6.61 Å². The van der Waals surface area contributed by atoms with Gasteiger partial charge in [-0.2, -0.15) is 5.26 Å². The molecule has 2 heterocycles. The van der Waals surface area contributed by atoms with E-state index in [1.807, 2.05) is 6.92 Å². The van der Waals surface area contributed by atoms with Gasteiger partial charge in [0.15, 0.2) is 0 Å². The lowest BCUT2D eigenvalue weighted by atomic mass is 10.2. The Morgan fingerprint density at radius 3 is 2.70 bits per heavy atom. The highest BCUT2D eigenvalue weighted by Crippen LogP contribution is 2.10. The summed E-state index contributed by atoms with van der Waals surface area (Å²) in [5, 5.41) is 26.1. The minimum atomic E-state index is -0.600. The van der Waals surface area contributed by atoms with Crippen molar-refractivity contribution in [3.8, 4) is 11.8 Å². The largest absolute Gasteiger partial charge is 0.394 e. The van der Waals surface area contributed by atoms with Crippen molar-refractivity contribution in [3.05, 3.63) is 74.3 Å². The van der Waals surface area contributed by atoms with Gasteiger partial charge in [0.2, 0.25) is 0 Å². The van der Waals surface area contributed by atoms with Crippen LogP contribution in [0.1, 0.15) is 30.2 Å². The summed E-state index contributed by atoms with van der Waals surface area (Å²) in [4.78, 5) is 26.3. The molecule has 0 aliphatic carbocycles. The number of nitriles is 1. The van der Waals surface area contributed by atoms with Crippen LogP contribution >= 0.6 is 0 Å². The smallest absolute Gasteiger partial charge is 0.330 e. The summed E-state index contributed by atoms with van der Waals surface area (Å²) >= 11 is 0. The van der Waals surface area contributed by atoms with E-state index < -0.39 is 11.2 Å². The van der Waals surface area contributed by atoms with Crippen LogP contribution in [0, 0.1) is 11.3 Å². The van der Waals surface area contributed by atoms with Crippen LogP contribution in [0.3, 0.4) is 0 Å². The van der Waals surface area contributed by atoms with Crippen LogP contribution in [0.25, 0.3) is 17.8 Å². The fraction of sp³-hybridized carbons (Fsp3) is 0.250. The Morgan fingerprint density at radius 2 is 2.03 bits per heavy atom. The van der Waals surface area contributed by atoms with Gasteiger partial charge in [0, 0.05) is 6.20 Å². The Labute approximate surface area is 171 Å². The molecule has 30 heavy (non-hydrogen) atoms. The highest BCUT2D eigenvalue weighted by Gasteiger charge is 2.08. The summed E-state index contributed by atoms with van der Waals surface area (Å²) in [6, 6.07) is 8.90. The first kappa shape index (κ1) is 20.9. The number of aromatic amines is 1. The molecule has 10 heteroatoms. The SMILES string of the molecule is CC[C@@H](CO)OCn1cc(/C=C/c2cn(-c3ccc(C#N)cc3)nn2)c(=O)[nH]c1=O. The van der Waals surface area contributed by atoms with Crippen LogP contribution < -0.4 is 11.2 Å². The number of aliphatic hydroxyl groups is 1. The molecular formula is C20H20N6O4. The Balaban J connectivity index is 1.78. The van der Waals surface area contributed by atoms with Crippen molar-refractivity contribution in [2.24, 2.45) is 0 Å². The molecule has 0 saturated carbocycles. The first-order valence-electron chi connectivity index (χ1n) is 9.21. The lowest BCUT2D eigenvalue weighted by Crippen LogP contribution is -2.32. The van der Waals surface area contributed by atoms with Crippen molar-refractivity contribution in [1.82, 2.24) is 24.5 Å². The predicted molar refractivity (Wildman–Crippen MR) is 109 cm³/mol. The van der Waals surface area contributed by atoms with E-state index in [1.54, 1.807) is 41.2 Å². The molecule has 154 valence electrons. The standard InChI is InChI=1S/C20H20N6O4/c1-2-18(12-27)30-13-25-10-15(19(28)22-20(25)29)5-6-16-11-26(24-23-16)17-7-3-14(9-21)4-8-17/h3-8,10-11,18,27H,2,12-13H2,1H3,(H,22,28,29)/b6-5+/t18-/m0/s1. The average Bonchev–Trinajstić information content (AvgIpc) is 3.24. The molecule has 1 atom stereocenters. The first-order chi connectivity index (χ1) is 14.5. The van der Waals surface area contributed by atoms with Gasteiger partial charge in [-0.25, -0.2) is 9.48 Å². The third-order valence-corrected chi connectivity index (χ3v) is 4.35. The van der Waals surface area contributed by atoms with Gasteiger partial charge < -0.3 is 9.84 Å². The molecule has 0 saturated heterocycles. The second kappa shape index (κ2) is 9.60. The Morgan fingerprint density at radius 1 is 1.27 bits per heavy atom. The average molecular weight is 408 g/mol. The van der Waals surface area contributed by atoms with Crippen LogP contribution in [-0.2, 0) is 11.5 Å². The summed E-state index contributed by atoms with van der Waals surface area (Å²) in [6.07, 6.45) is 6.36. The Bertz CT molecular complexity index is 1180. The topological polar surface area (TPSA) is 139 Å². The summed E-state index contributed by atoms with van der Waals surface area (Å²) in [7, 11) is 0. The molecule has 0 bridgehead atoms. The van der Waals surface area contributed by atoms with Crippen LogP contribution in [-0.4, -0.2) is 42.4 Å². The number of nitrogens with zero attached hydrogens (tertiary/aromatic N) is 5. The fourth-order valence-electron chi connectivity index (χ4n) is 2.57. The van der Waals surface area contributed by atoms with E-state index in [0.29, 0.717) is 17.7 Å². The molecule has 0 aliphatic rings. The van der Waals surface area contributed by atoms with E-state index in [1.165, 1.54) is 16.8 Å². The molecule has 0 amide bonds. The van der Waals surface area contributed by atoms with E-state index in [-0.39, 0.29) is 25.0 Å². The Hall–Kier alpha value is -3.81. The number of aromatic nitrogens is 5. The lowest BCUT2D eigenvalue weighted by Gasteiger charge is -2.14. The number of ether oxygens (including phenoxy) is 1. The molecule has 0 unspecified atom stereocenters. The monoisotopic (exact) mass is 408 g/mol. The minimum absolute atomic E-state index is 0.0929. The normalized spacial score (nSPS) is 12.2. The van der Waals surface area contributed by atoms with Crippen LogP contribution in [0.4, 0.5) is 0 Å². The van der Waals surface area contributed by atoms with E-state index in [4.69, 9.17) is 10.00 Å². The molecule has 2 aromatic heterocycles. The maximum Gasteiger partial charge on any atom is 0.330 e. The summed E-state index contributed by atoms with van der Waals surface area (Å²) in [5.74, 6) is 0. The highest BCUT2D eigenvalue weighted by molar-refractivity contribution is 5.66. The molecule has 2 N–H and O–H groups in total. The van der Waals surface area contributed by atoms with Crippen LogP contribution in [0.5, 0.6) is 0 Å². The Kier molecular flexibility index (Phi) is 6.69. The number of aliphatic hydroxyl groups excluding tert-OH is 1. The van der Waals surface area contributed by atoms with Gasteiger partial charge in [-0.05, 0) is 42.8 Å². The molecular weight excluding hydrogens is 388 g/mol.